The highest BCUT2D eigenvalue weighted by molar-refractivity contribution is 6.16. The highest BCUT2D eigenvalue weighted by Crippen LogP contribution is 2.52. The first-order valence-electron chi connectivity index (χ1n) is 24.2. The van der Waals surface area contributed by atoms with E-state index in [4.69, 9.17) is 4.42 Å². The van der Waals surface area contributed by atoms with Crippen LogP contribution >= 0.6 is 0 Å². The van der Waals surface area contributed by atoms with Gasteiger partial charge < -0.3 is 14.2 Å². The molecule has 70 heavy (non-hydrogen) atoms. The highest BCUT2D eigenvalue weighted by Gasteiger charge is 2.36. The standard InChI is InChI=1S/C67H46N2O/c1-67(2)61-25-13-11-21-55(61)56-37-35-50(42-62(56)67)69(64-40-46-16-4-6-18-52(46)54-20-8-10-23-58(54)64)48-33-29-44(30-34-48)43-27-31-47(32-28-43)68(49-36-38-66-60(41-49)59-24-12-14-26-65(59)70-66)63-39-45-15-3-5-17-51(45)53-19-7-9-22-57(53)63/h3-42H,1-2H3. The third-order valence-corrected chi connectivity index (χ3v) is 15.0. The molecule has 12 aromatic carbocycles. The van der Waals surface area contributed by atoms with E-state index < -0.39 is 0 Å². The third-order valence-electron chi connectivity index (χ3n) is 15.0. The van der Waals surface area contributed by atoms with Crippen molar-refractivity contribution in [3.05, 3.63) is 254 Å². The number of hydrogen-bond acceptors (Lipinski definition) is 3. The lowest BCUT2D eigenvalue weighted by atomic mass is 9.82. The molecule has 13 aromatic rings. The van der Waals surface area contributed by atoms with Crippen molar-refractivity contribution in [3.8, 4) is 22.3 Å². The van der Waals surface area contributed by atoms with Crippen LogP contribution in [-0.2, 0) is 5.41 Å². The molecule has 1 aliphatic rings. The van der Waals surface area contributed by atoms with Crippen molar-refractivity contribution in [1.82, 2.24) is 0 Å². The fourth-order valence-corrected chi connectivity index (χ4v) is 11.6. The second-order valence-electron chi connectivity index (χ2n) is 19.3. The first-order chi connectivity index (χ1) is 34.5. The van der Waals surface area contributed by atoms with E-state index in [0.717, 1.165) is 67.2 Å². The molecule has 0 spiro atoms. The number of anilines is 6. The van der Waals surface area contributed by atoms with Gasteiger partial charge in [-0.15, -0.1) is 0 Å². The maximum Gasteiger partial charge on any atom is 0.135 e. The minimum Gasteiger partial charge on any atom is -0.456 e. The van der Waals surface area contributed by atoms with E-state index in [2.05, 4.69) is 254 Å². The molecule has 0 fully saturated rings. The monoisotopic (exact) mass is 894 g/mol. The van der Waals surface area contributed by atoms with Crippen LogP contribution < -0.4 is 9.80 Å². The summed E-state index contributed by atoms with van der Waals surface area (Å²) in [6.45, 7) is 4.72. The lowest BCUT2D eigenvalue weighted by molar-refractivity contribution is 0.660. The van der Waals surface area contributed by atoms with Crippen molar-refractivity contribution in [1.29, 1.82) is 0 Å². The molecule has 0 amide bonds. The van der Waals surface area contributed by atoms with E-state index in [1.807, 2.05) is 12.1 Å². The van der Waals surface area contributed by atoms with Crippen molar-refractivity contribution < 1.29 is 4.42 Å². The SMILES string of the molecule is CC1(C)c2ccccc2-c2ccc(N(c3ccc(-c4ccc(N(c5ccc6oc7ccccc7c6c5)c5cc6ccccc6c6ccccc56)cc4)cc3)c3cc4ccccc4c4ccccc34)cc21. The van der Waals surface area contributed by atoms with Crippen molar-refractivity contribution in [2.24, 2.45) is 0 Å². The Morgan fingerprint density at radius 3 is 1.33 bits per heavy atom. The minimum atomic E-state index is -0.133. The topological polar surface area (TPSA) is 19.6 Å². The van der Waals surface area contributed by atoms with E-state index in [-0.39, 0.29) is 5.41 Å². The molecule has 330 valence electrons. The Morgan fingerprint density at radius 2 is 0.729 bits per heavy atom. The van der Waals surface area contributed by atoms with E-state index >= 15 is 0 Å². The summed E-state index contributed by atoms with van der Waals surface area (Å²) in [4.78, 5) is 4.87. The van der Waals surface area contributed by atoms with Crippen LogP contribution in [0, 0.1) is 0 Å². The zero-order valence-electron chi connectivity index (χ0n) is 38.9. The van der Waals surface area contributed by atoms with Gasteiger partial charge in [0.2, 0.25) is 0 Å². The smallest absolute Gasteiger partial charge is 0.135 e. The van der Waals surface area contributed by atoms with Crippen LogP contribution in [-0.4, -0.2) is 0 Å². The molecule has 3 heteroatoms. The van der Waals surface area contributed by atoms with Gasteiger partial charge >= 0.3 is 0 Å². The zero-order valence-corrected chi connectivity index (χ0v) is 38.9. The molecular formula is C67H46N2O. The summed E-state index contributed by atoms with van der Waals surface area (Å²) in [5, 5.41) is 12.0. The summed E-state index contributed by atoms with van der Waals surface area (Å²) in [6.07, 6.45) is 0. The summed E-state index contributed by atoms with van der Waals surface area (Å²) in [5.74, 6) is 0. The van der Waals surface area contributed by atoms with Gasteiger partial charge in [0.25, 0.3) is 0 Å². The van der Waals surface area contributed by atoms with Crippen LogP contribution in [0.3, 0.4) is 0 Å². The molecule has 1 heterocycles. The van der Waals surface area contributed by atoms with Gasteiger partial charge in [0.15, 0.2) is 0 Å². The molecule has 0 atom stereocenters. The van der Waals surface area contributed by atoms with Crippen LogP contribution in [0.1, 0.15) is 25.0 Å². The molecule has 1 aliphatic carbocycles. The predicted molar refractivity (Wildman–Crippen MR) is 296 cm³/mol. The largest absolute Gasteiger partial charge is 0.456 e. The van der Waals surface area contributed by atoms with E-state index in [0.29, 0.717) is 0 Å². The van der Waals surface area contributed by atoms with Gasteiger partial charge in [0.05, 0.1) is 11.4 Å². The second-order valence-corrected chi connectivity index (χ2v) is 19.3. The minimum absolute atomic E-state index is 0.133. The highest BCUT2D eigenvalue weighted by atomic mass is 16.3. The van der Waals surface area contributed by atoms with Crippen LogP contribution in [0.25, 0.3) is 87.3 Å². The molecule has 3 nitrogen and oxygen atoms in total. The Kier molecular flexibility index (Phi) is 8.93. The number of nitrogens with zero attached hydrogens (tertiary/aromatic N) is 2. The number of hydrogen-bond donors (Lipinski definition) is 0. The lowest BCUT2D eigenvalue weighted by Crippen LogP contribution is -2.16. The Morgan fingerprint density at radius 1 is 0.300 bits per heavy atom. The molecule has 0 saturated heterocycles. The van der Waals surface area contributed by atoms with Gasteiger partial charge in [-0.2, -0.15) is 0 Å². The number of para-hydroxylation sites is 1. The molecular weight excluding hydrogens is 849 g/mol. The molecule has 0 unspecified atom stereocenters. The molecule has 1 aromatic heterocycles. The van der Waals surface area contributed by atoms with Crippen molar-refractivity contribution in [2.75, 3.05) is 9.80 Å². The Hall–Kier alpha value is -8.92. The number of fused-ring (bicyclic) bond motifs is 12. The summed E-state index contributed by atoms with van der Waals surface area (Å²) < 4.78 is 6.32. The molecule has 14 rings (SSSR count). The second kappa shape index (κ2) is 15.6. The zero-order chi connectivity index (χ0) is 46.5. The summed E-state index contributed by atoms with van der Waals surface area (Å²) in [6, 6.07) is 88.9. The average Bonchev–Trinajstić information content (AvgIpc) is 3.90. The van der Waals surface area contributed by atoms with Crippen LogP contribution in [0.2, 0.25) is 0 Å². The van der Waals surface area contributed by atoms with Crippen molar-refractivity contribution >= 4 is 99.2 Å². The Labute approximate surface area is 406 Å². The summed E-state index contributed by atoms with van der Waals surface area (Å²) in [7, 11) is 0. The van der Waals surface area contributed by atoms with Gasteiger partial charge in [0, 0.05) is 49.7 Å². The van der Waals surface area contributed by atoms with Gasteiger partial charge in [-0.05, 0) is 138 Å². The molecule has 0 aliphatic heterocycles. The number of rotatable bonds is 7. The van der Waals surface area contributed by atoms with E-state index in [1.165, 1.54) is 65.3 Å². The molecule has 0 N–H and O–H groups in total. The van der Waals surface area contributed by atoms with Crippen LogP contribution in [0.4, 0.5) is 34.1 Å². The molecule has 0 saturated carbocycles. The Balaban J connectivity index is 0.893. The van der Waals surface area contributed by atoms with Gasteiger partial charge in [0.1, 0.15) is 11.2 Å². The lowest BCUT2D eigenvalue weighted by Gasteiger charge is -2.29. The predicted octanol–water partition coefficient (Wildman–Crippen LogP) is 19.1. The fraction of sp³-hybridized carbons (Fsp3) is 0.0448. The number of furan rings is 1. The van der Waals surface area contributed by atoms with Gasteiger partial charge in [-0.25, -0.2) is 0 Å². The maximum absolute atomic E-state index is 6.32. The molecule has 0 radical (unpaired) electrons. The first-order valence-corrected chi connectivity index (χ1v) is 24.2. The van der Waals surface area contributed by atoms with Crippen molar-refractivity contribution in [3.63, 3.8) is 0 Å². The molecule has 0 bridgehead atoms. The van der Waals surface area contributed by atoms with Crippen LogP contribution in [0.15, 0.2) is 247 Å². The third kappa shape index (κ3) is 6.21. The van der Waals surface area contributed by atoms with Gasteiger partial charge in [-0.1, -0.05) is 184 Å². The number of benzene rings is 12. The normalized spacial score (nSPS) is 12.8. The maximum atomic E-state index is 6.32. The summed E-state index contributed by atoms with van der Waals surface area (Å²) >= 11 is 0. The Bertz CT molecular complexity index is 4220. The van der Waals surface area contributed by atoms with E-state index in [1.54, 1.807) is 0 Å². The van der Waals surface area contributed by atoms with E-state index in [9.17, 15) is 0 Å². The fourth-order valence-electron chi connectivity index (χ4n) is 11.6. The summed E-state index contributed by atoms with van der Waals surface area (Å²) in [5.41, 5.74) is 16.0. The first kappa shape index (κ1) is 40.2. The van der Waals surface area contributed by atoms with Crippen molar-refractivity contribution in [2.45, 2.75) is 19.3 Å². The van der Waals surface area contributed by atoms with Gasteiger partial charge in [-0.3, -0.25) is 0 Å². The quantitative estimate of drug-likeness (QED) is 0.149. The van der Waals surface area contributed by atoms with Crippen LogP contribution in [0.5, 0.6) is 0 Å². The average molecular weight is 895 g/mol.